The minimum Gasteiger partial charge on any atom is -0.369 e. The average Bonchev–Trinajstić information content (AvgIpc) is 2.62. The molecule has 2 rings (SSSR count). The highest BCUT2D eigenvalue weighted by Gasteiger charge is 1.99. The zero-order valence-electron chi connectivity index (χ0n) is 7.99. The van der Waals surface area contributed by atoms with Crippen LogP contribution in [0, 0.1) is 11.8 Å². The predicted octanol–water partition coefficient (Wildman–Crippen LogP) is 2.13. The molecule has 0 aliphatic carbocycles. The Labute approximate surface area is 91.7 Å². The van der Waals surface area contributed by atoms with Crippen LogP contribution in [0.5, 0.6) is 0 Å². The van der Waals surface area contributed by atoms with Gasteiger partial charge in [-0.3, -0.25) is 4.79 Å². The quantitative estimate of drug-likeness (QED) is 0.727. The van der Waals surface area contributed by atoms with Gasteiger partial charge in [-0.1, -0.05) is 30.0 Å². The highest BCUT2D eigenvalue weighted by Crippen LogP contribution is 2.24. The van der Waals surface area contributed by atoms with Gasteiger partial charge in [0.1, 0.15) is 0 Å². The first-order valence-electron chi connectivity index (χ1n) is 4.51. The van der Waals surface area contributed by atoms with Gasteiger partial charge in [0, 0.05) is 21.0 Å². The zero-order valence-corrected chi connectivity index (χ0v) is 8.80. The van der Waals surface area contributed by atoms with E-state index in [-0.39, 0.29) is 12.3 Å². The lowest BCUT2D eigenvalue weighted by Crippen LogP contribution is -2.08. The lowest BCUT2D eigenvalue weighted by molar-refractivity contribution is -0.117. The summed E-state index contributed by atoms with van der Waals surface area (Å²) in [5.41, 5.74) is 5.98. The van der Waals surface area contributed by atoms with Gasteiger partial charge in [0.2, 0.25) is 5.91 Å². The number of carbonyl (C=O) groups excluding carboxylic acids is 1. The fourth-order valence-corrected chi connectivity index (χ4v) is 2.19. The number of thiophene rings is 1. The summed E-state index contributed by atoms with van der Waals surface area (Å²) in [5, 5.41) is 3.14. The van der Waals surface area contributed by atoms with E-state index in [1.807, 2.05) is 23.6 Å². The summed E-state index contributed by atoms with van der Waals surface area (Å²) >= 11 is 1.65. The van der Waals surface area contributed by atoms with E-state index in [0.29, 0.717) is 0 Å². The van der Waals surface area contributed by atoms with Crippen molar-refractivity contribution in [1.82, 2.24) is 0 Å². The van der Waals surface area contributed by atoms with Crippen molar-refractivity contribution in [3.05, 3.63) is 35.2 Å². The van der Waals surface area contributed by atoms with E-state index in [0.717, 1.165) is 10.9 Å². The molecule has 1 aromatic heterocycles. The fourth-order valence-electron chi connectivity index (χ4n) is 1.30. The molecule has 1 aromatic carbocycles. The topological polar surface area (TPSA) is 43.1 Å². The van der Waals surface area contributed by atoms with E-state index in [1.165, 1.54) is 4.70 Å². The number of amides is 1. The van der Waals surface area contributed by atoms with E-state index >= 15 is 0 Å². The molecule has 1 amide bonds. The van der Waals surface area contributed by atoms with Crippen LogP contribution in [0.3, 0.4) is 0 Å². The molecule has 0 radical (unpaired) electrons. The van der Waals surface area contributed by atoms with Gasteiger partial charge < -0.3 is 5.73 Å². The molecule has 2 aromatic rings. The number of hydrogen-bond donors (Lipinski definition) is 1. The Morgan fingerprint density at radius 3 is 3.00 bits per heavy atom. The van der Waals surface area contributed by atoms with Crippen molar-refractivity contribution in [3.8, 4) is 11.8 Å². The Morgan fingerprint density at radius 2 is 2.20 bits per heavy atom. The fraction of sp³-hybridized carbons (Fsp3) is 0.0833. The van der Waals surface area contributed by atoms with Crippen molar-refractivity contribution in [2.75, 3.05) is 0 Å². The SMILES string of the molecule is NC(=O)CC#Cc1csc2ccccc12. The molecule has 0 unspecified atom stereocenters. The maximum atomic E-state index is 10.5. The van der Waals surface area contributed by atoms with Crippen LogP contribution < -0.4 is 5.73 Å². The monoisotopic (exact) mass is 215 g/mol. The standard InChI is InChI=1S/C12H9NOS/c13-12(14)7-3-4-9-8-15-11-6-2-1-5-10(9)11/h1-2,5-6,8H,7H2,(H2,13,14). The minimum atomic E-state index is -0.387. The number of nitrogens with two attached hydrogens (primary N) is 1. The number of rotatable bonds is 1. The van der Waals surface area contributed by atoms with Crippen LogP contribution in [-0.4, -0.2) is 5.91 Å². The van der Waals surface area contributed by atoms with E-state index in [1.54, 1.807) is 11.3 Å². The summed E-state index contributed by atoms with van der Waals surface area (Å²) in [6, 6.07) is 8.06. The van der Waals surface area contributed by atoms with Gasteiger partial charge in [0.05, 0.1) is 6.42 Å². The Hall–Kier alpha value is -1.79. The molecular weight excluding hydrogens is 206 g/mol. The first-order valence-corrected chi connectivity index (χ1v) is 5.39. The maximum Gasteiger partial charge on any atom is 0.229 e. The van der Waals surface area contributed by atoms with E-state index in [4.69, 9.17) is 5.73 Å². The van der Waals surface area contributed by atoms with Gasteiger partial charge in [-0.15, -0.1) is 11.3 Å². The van der Waals surface area contributed by atoms with Crippen LogP contribution in [0.1, 0.15) is 12.0 Å². The van der Waals surface area contributed by atoms with Crippen molar-refractivity contribution in [1.29, 1.82) is 0 Å². The molecule has 0 spiro atoms. The summed E-state index contributed by atoms with van der Waals surface area (Å²) in [4.78, 5) is 10.5. The lowest BCUT2D eigenvalue weighted by Gasteiger charge is -1.87. The second kappa shape index (κ2) is 4.16. The molecule has 0 saturated carbocycles. The first kappa shape index (κ1) is 9.75. The third-order valence-corrected chi connectivity index (χ3v) is 2.93. The van der Waals surface area contributed by atoms with Gasteiger partial charge in [-0.25, -0.2) is 0 Å². The Morgan fingerprint density at radius 1 is 1.40 bits per heavy atom. The first-order chi connectivity index (χ1) is 7.27. The molecule has 74 valence electrons. The highest BCUT2D eigenvalue weighted by atomic mass is 32.1. The smallest absolute Gasteiger partial charge is 0.229 e. The number of hydrogen-bond acceptors (Lipinski definition) is 2. The molecule has 0 aliphatic heterocycles. The molecular formula is C12H9NOS. The zero-order chi connectivity index (χ0) is 10.7. The van der Waals surface area contributed by atoms with E-state index in [9.17, 15) is 4.79 Å². The second-order valence-corrected chi connectivity index (χ2v) is 4.00. The molecule has 0 aliphatic rings. The summed E-state index contributed by atoms with van der Waals surface area (Å²) in [6.07, 6.45) is 0.115. The maximum absolute atomic E-state index is 10.5. The largest absolute Gasteiger partial charge is 0.369 e. The number of fused-ring (bicyclic) bond motifs is 1. The molecule has 0 atom stereocenters. The van der Waals surface area contributed by atoms with Crippen LogP contribution in [0.25, 0.3) is 10.1 Å². The van der Waals surface area contributed by atoms with Gasteiger partial charge in [0.25, 0.3) is 0 Å². The van der Waals surface area contributed by atoms with Crippen molar-refractivity contribution < 1.29 is 4.79 Å². The predicted molar refractivity (Wildman–Crippen MR) is 62.5 cm³/mol. The van der Waals surface area contributed by atoms with E-state index < -0.39 is 0 Å². The van der Waals surface area contributed by atoms with Gasteiger partial charge in [0.15, 0.2) is 0 Å². The summed E-state index contributed by atoms with van der Waals surface area (Å²) in [5.74, 6) is 5.33. The minimum absolute atomic E-state index is 0.115. The normalized spacial score (nSPS) is 9.60. The molecule has 0 saturated heterocycles. The highest BCUT2D eigenvalue weighted by molar-refractivity contribution is 7.17. The average molecular weight is 215 g/mol. The number of benzene rings is 1. The van der Waals surface area contributed by atoms with E-state index in [2.05, 4.69) is 17.9 Å². The Bertz CT molecular complexity index is 559. The molecule has 2 N–H and O–H groups in total. The Balaban J connectivity index is 2.35. The third-order valence-electron chi connectivity index (χ3n) is 1.97. The van der Waals surface area contributed by atoms with Crippen LogP contribution >= 0.6 is 11.3 Å². The summed E-state index contributed by atoms with van der Waals surface area (Å²) < 4.78 is 1.21. The van der Waals surface area contributed by atoms with Crippen molar-refractivity contribution in [2.45, 2.75) is 6.42 Å². The van der Waals surface area contributed by atoms with Crippen LogP contribution in [0.2, 0.25) is 0 Å². The molecule has 2 nitrogen and oxygen atoms in total. The molecule has 3 heteroatoms. The van der Waals surface area contributed by atoms with Crippen molar-refractivity contribution in [2.24, 2.45) is 5.73 Å². The summed E-state index contributed by atoms with van der Waals surface area (Å²) in [7, 11) is 0. The molecule has 0 bridgehead atoms. The lowest BCUT2D eigenvalue weighted by atomic mass is 10.2. The van der Waals surface area contributed by atoms with Gasteiger partial charge in [-0.05, 0) is 6.07 Å². The van der Waals surface area contributed by atoms with Gasteiger partial charge >= 0.3 is 0 Å². The number of primary amides is 1. The van der Waals surface area contributed by atoms with Crippen LogP contribution in [0.4, 0.5) is 0 Å². The summed E-state index contributed by atoms with van der Waals surface area (Å²) in [6.45, 7) is 0. The van der Waals surface area contributed by atoms with Crippen LogP contribution in [-0.2, 0) is 4.79 Å². The molecule has 15 heavy (non-hydrogen) atoms. The second-order valence-electron chi connectivity index (χ2n) is 3.09. The van der Waals surface area contributed by atoms with Crippen molar-refractivity contribution in [3.63, 3.8) is 0 Å². The Kier molecular flexibility index (Phi) is 2.70. The molecule has 1 heterocycles. The number of carbonyl (C=O) groups is 1. The molecule has 0 fully saturated rings. The van der Waals surface area contributed by atoms with Crippen LogP contribution in [0.15, 0.2) is 29.6 Å². The van der Waals surface area contributed by atoms with Gasteiger partial charge in [-0.2, -0.15) is 0 Å². The van der Waals surface area contributed by atoms with Crippen molar-refractivity contribution >= 4 is 27.3 Å². The third kappa shape index (κ3) is 2.17.